The number of hydrogen-bond donors (Lipinski definition) is 0. The molecule has 0 aromatic heterocycles. The molecule has 14 heavy (non-hydrogen) atoms. The van der Waals surface area contributed by atoms with Crippen molar-refractivity contribution in [2.75, 3.05) is 6.61 Å². The van der Waals surface area contributed by atoms with Gasteiger partial charge < -0.3 is 9.47 Å². The van der Waals surface area contributed by atoms with Crippen LogP contribution in [0.5, 0.6) is 0 Å². The van der Waals surface area contributed by atoms with Crippen molar-refractivity contribution in [1.82, 2.24) is 0 Å². The summed E-state index contributed by atoms with van der Waals surface area (Å²) >= 11 is 0. The van der Waals surface area contributed by atoms with Gasteiger partial charge in [0.05, 0.1) is 0 Å². The van der Waals surface area contributed by atoms with Gasteiger partial charge in [-0.3, -0.25) is 14.4 Å². The molecule has 0 N–H and O–H groups in total. The lowest BCUT2D eigenvalue weighted by atomic mass is 10.3. The molecule has 0 rings (SSSR count). The van der Waals surface area contributed by atoms with Crippen LogP contribution in [0.2, 0.25) is 0 Å². The molecule has 78 valence electrons. The Hall–Kier alpha value is -1.65. The normalized spacial score (nSPS) is 12.1. The molecule has 0 aliphatic rings. The molecule has 0 aromatic rings. The van der Waals surface area contributed by atoms with E-state index in [9.17, 15) is 14.4 Å². The Balaban J connectivity index is 4.09. The molecule has 0 radical (unpaired) electrons. The van der Waals surface area contributed by atoms with E-state index in [4.69, 9.17) is 4.74 Å². The molecular weight excluding hydrogens is 188 g/mol. The second-order valence-corrected chi connectivity index (χ2v) is 2.47. The number of rotatable bonds is 5. The Morgan fingerprint density at radius 2 is 1.93 bits per heavy atom. The first-order valence-electron chi connectivity index (χ1n) is 3.98. The third-order valence-corrected chi connectivity index (χ3v) is 1.17. The fraction of sp³-hybridized carbons (Fsp3) is 0.444. The summed E-state index contributed by atoms with van der Waals surface area (Å²) < 4.78 is 9.36. The van der Waals surface area contributed by atoms with Crippen LogP contribution in [0.25, 0.3) is 0 Å². The third-order valence-electron chi connectivity index (χ3n) is 1.17. The van der Waals surface area contributed by atoms with E-state index in [0.717, 1.165) is 0 Å². The maximum absolute atomic E-state index is 10.6. The summed E-state index contributed by atoms with van der Waals surface area (Å²) in [5.41, 5.74) is 0. The fourth-order valence-electron chi connectivity index (χ4n) is 0.711. The van der Waals surface area contributed by atoms with E-state index in [1.54, 1.807) is 0 Å². The van der Waals surface area contributed by atoms with Crippen LogP contribution >= 0.6 is 0 Å². The van der Waals surface area contributed by atoms with Crippen molar-refractivity contribution < 1.29 is 23.9 Å². The van der Waals surface area contributed by atoms with Crippen molar-refractivity contribution in [3.63, 3.8) is 0 Å². The van der Waals surface area contributed by atoms with Gasteiger partial charge in [-0.2, -0.15) is 0 Å². The molecule has 0 unspecified atom stereocenters. The number of ether oxygens (including phenoxy) is 2. The van der Waals surface area contributed by atoms with E-state index in [1.807, 2.05) is 0 Å². The van der Waals surface area contributed by atoms with Crippen LogP contribution < -0.4 is 0 Å². The SMILES string of the molecule is CC(=O)OC[C@H](/C=C/C=O)OC(C)=O. The maximum Gasteiger partial charge on any atom is 0.303 e. The molecule has 0 saturated heterocycles. The Morgan fingerprint density at radius 3 is 2.36 bits per heavy atom. The summed E-state index contributed by atoms with van der Waals surface area (Å²) in [7, 11) is 0. The van der Waals surface area contributed by atoms with Crippen molar-refractivity contribution in [2.45, 2.75) is 20.0 Å². The summed E-state index contributed by atoms with van der Waals surface area (Å²) in [6.07, 6.45) is 2.36. The van der Waals surface area contributed by atoms with Crippen LogP contribution in [0.1, 0.15) is 13.8 Å². The van der Waals surface area contributed by atoms with Gasteiger partial charge in [-0.15, -0.1) is 0 Å². The van der Waals surface area contributed by atoms with Crippen LogP contribution in [-0.2, 0) is 23.9 Å². The van der Waals surface area contributed by atoms with Gasteiger partial charge in [0.1, 0.15) is 12.9 Å². The number of esters is 2. The van der Waals surface area contributed by atoms with Gasteiger partial charge in [-0.1, -0.05) is 0 Å². The number of carbonyl (C=O) groups excluding carboxylic acids is 3. The van der Waals surface area contributed by atoms with Crippen molar-refractivity contribution in [3.05, 3.63) is 12.2 Å². The third kappa shape index (κ3) is 7.02. The molecule has 0 spiro atoms. The van der Waals surface area contributed by atoms with E-state index in [2.05, 4.69) is 4.74 Å². The first-order valence-corrected chi connectivity index (χ1v) is 3.98. The van der Waals surface area contributed by atoms with Crippen molar-refractivity contribution >= 4 is 18.2 Å². The zero-order valence-corrected chi connectivity index (χ0v) is 8.06. The van der Waals surface area contributed by atoms with Crippen molar-refractivity contribution in [2.24, 2.45) is 0 Å². The summed E-state index contributed by atoms with van der Waals surface area (Å²) in [5.74, 6) is -0.973. The lowest BCUT2D eigenvalue weighted by Gasteiger charge is -2.11. The number of aldehydes is 1. The molecular formula is C9H12O5. The molecule has 0 aliphatic carbocycles. The quantitative estimate of drug-likeness (QED) is 0.361. The first kappa shape index (κ1) is 12.3. The lowest BCUT2D eigenvalue weighted by molar-refractivity contribution is -0.153. The lowest BCUT2D eigenvalue weighted by Crippen LogP contribution is -2.21. The Morgan fingerprint density at radius 1 is 1.29 bits per heavy atom. The smallest absolute Gasteiger partial charge is 0.303 e. The molecule has 0 bridgehead atoms. The number of carbonyl (C=O) groups is 3. The highest BCUT2D eigenvalue weighted by Crippen LogP contribution is 1.96. The van der Waals surface area contributed by atoms with Crippen molar-refractivity contribution in [1.29, 1.82) is 0 Å². The first-order chi connectivity index (χ1) is 6.56. The molecule has 5 heteroatoms. The summed E-state index contributed by atoms with van der Waals surface area (Å²) in [6.45, 7) is 2.39. The summed E-state index contributed by atoms with van der Waals surface area (Å²) in [4.78, 5) is 31.0. The molecule has 5 nitrogen and oxygen atoms in total. The maximum atomic E-state index is 10.6. The highest BCUT2D eigenvalue weighted by Gasteiger charge is 2.09. The van der Waals surface area contributed by atoms with E-state index in [0.29, 0.717) is 6.29 Å². The van der Waals surface area contributed by atoms with Gasteiger partial charge in [0, 0.05) is 13.8 Å². The van der Waals surface area contributed by atoms with E-state index >= 15 is 0 Å². The zero-order chi connectivity index (χ0) is 11.0. The van der Waals surface area contributed by atoms with Crippen molar-refractivity contribution in [3.8, 4) is 0 Å². The van der Waals surface area contributed by atoms with Gasteiger partial charge in [0.25, 0.3) is 0 Å². The summed E-state index contributed by atoms with van der Waals surface area (Å²) in [5, 5.41) is 0. The highest BCUT2D eigenvalue weighted by molar-refractivity contribution is 5.68. The number of allylic oxidation sites excluding steroid dienone is 1. The molecule has 1 atom stereocenters. The second-order valence-electron chi connectivity index (χ2n) is 2.47. The topological polar surface area (TPSA) is 69.7 Å². The van der Waals surface area contributed by atoms with Crippen LogP contribution in [0, 0.1) is 0 Å². The molecule has 0 fully saturated rings. The van der Waals surface area contributed by atoms with Gasteiger partial charge in [0.2, 0.25) is 0 Å². The minimum atomic E-state index is -0.707. The standard InChI is InChI=1S/C9H12O5/c1-7(11)13-6-9(4-3-5-10)14-8(2)12/h3-5,9H,6H2,1-2H3/b4-3+/t9-/m0/s1. The predicted octanol–water partition coefficient (Wildman–Crippen LogP) is 0.236. The van der Waals surface area contributed by atoms with Gasteiger partial charge in [-0.05, 0) is 12.2 Å². The second kappa shape index (κ2) is 6.82. The predicted molar refractivity (Wildman–Crippen MR) is 47.4 cm³/mol. The van der Waals surface area contributed by atoms with E-state index in [-0.39, 0.29) is 6.61 Å². The van der Waals surface area contributed by atoms with Crippen LogP contribution in [0.4, 0.5) is 0 Å². The Labute approximate surface area is 81.7 Å². The zero-order valence-electron chi connectivity index (χ0n) is 8.06. The van der Waals surface area contributed by atoms with Crippen LogP contribution in [0.15, 0.2) is 12.2 Å². The molecule has 0 aromatic carbocycles. The number of hydrogen-bond acceptors (Lipinski definition) is 5. The largest absolute Gasteiger partial charge is 0.462 e. The average Bonchev–Trinajstić information content (AvgIpc) is 2.09. The van der Waals surface area contributed by atoms with E-state index in [1.165, 1.54) is 26.0 Å². The molecule has 0 saturated carbocycles. The molecule has 0 heterocycles. The van der Waals surface area contributed by atoms with E-state index < -0.39 is 18.0 Å². The monoisotopic (exact) mass is 200 g/mol. The molecule has 0 amide bonds. The van der Waals surface area contributed by atoms with Crippen LogP contribution in [-0.4, -0.2) is 30.9 Å². The molecule has 0 aliphatic heterocycles. The van der Waals surface area contributed by atoms with Gasteiger partial charge in [-0.25, -0.2) is 0 Å². The fourth-order valence-corrected chi connectivity index (χ4v) is 0.711. The highest BCUT2D eigenvalue weighted by atomic mass is 16.6. The average molecular weight is 200 g/mol. The van der Waals surface area contributed by atoms with Gasteiger partial charge >= 0.3 is 11.9 Å². The minimum absolute atomic E-state index is 0.0841. The summed E-state index contributed by atoms with van der Waals surface area (Å²) in [6, 6.07) is 0. The Bertz CT molecular complexity index is 244. The Kier molecular flexibility index (Phi) is 6.02. The van der Waals surface area contributed by atoms with Gasteiger partial charge in [0.15, 0.2) is 6.10 Å². The minimum Gasteiger partial charge on any atom is -0.462 e. The van der Waals surface area contributed by atoms with Crippen LogP contribution in [0.3, 0.4) is 0 Å².